The van der Waals surface area contributed by atoms with Crippen LogP contribution in [-0.2, 0) is 4.79 Å². The Bertz CT molecular complexity index is 466. The lowest BCUT2D eigenvalue weighted by atomic mass is 10.3. The molecule has 0 aliphatic heterocycles. The highest BCUT2D eigenvalue weighted by Crippen LogP contribution is 2.27. The van der Waals surface area contributed by atoms with E-state index in [1.807, 2.05) is 24.3 Å². The van der Waals surface area contributed by atoms with E-state index in [0.717, 1.165) is 16.9 Å². The number of hydrogen-bond acceptors (Lipinski definition) is 4. The molecule has 2 rings (SSSR count). The molecule has 116 valence electrons. The van der Waals surface area contributed by atoms with E-state index in [1.165, 1.54) is 12.8 Å². The van der Waals surface area contributed by atoms with E-state index in [9.17, 15) is 9.90 Å². The minimum Gasteiger partial charge on any atom is -0.490 e. The lowest BCUT2D eigenvalue weighted by Gasteiger charge is -2.14. The number of aliphatic hydroxyl groups excluding tert-OH is 1. The van der Waals surface area contributed by atoms with Crippen LogP contribution in [0.2, 0.25) is 0 Å². The third kappa shape index (κ3) is 6.46. The molecule has 6 heteroatoms. The van der Waals surface area contributed by atoms with Crippen molar-refractivity contribution in [2.24, 2.45) is 5.92 Å². The van der Waals surface area contributed by atoms with Gasteiger partial charge in [0, 0.05) is 6.54 Å². The largest absolute Gasteiger partial charge is 0.490 e. The predicted molar refractivity (Wildman–Crippen MR) is 84.2 cm³/mol. The van der Waals surface area contributed by atoms with E-state index in [1.54, 1.807) is 0 Å². The van der Waals surface area contributed by atoms with Crippen LogP contribution in [0, 0.1) is 5.92 Å². The van der Waals surface area contributed by atoms with E-state index >= 15 is 0 Å². The molecule has 1 aliphatic rings. The highest BCUT2D eigenvalue weighted by atomic mass is 79.9. The summed E-state index contributed by atoms with van der Waals surface area (Å²) >= 11 is 3.37. The fourth-order valence-electron chi connectivity index (χ4n) is 1.81. The third-order valence-electron chi connectivity index (χ3n) is 3.22. The van der Waals surface area contributed by atoms with Gasteiger partial charge >= 0.3 is 0 Å². The summed E-state index contributed by atoms with van der Waals surface area (Å²) < 4.78 is 6.33. The Morgan fingerprint density at radius 1 is 1.43 bits per heavy atom. The maximum absolute atomic E-state index is 11.5. The van der Waals surface area contributed by atoms with Crippen LogP contribution in [0.25, 0.3) is 0 Å². The number of carbonyl (C=O) groups is 1. The fraction of sp³-hybridized carbons (Fsp3) is 0.533. The first-order chi connectivity index (χ1) is 10.1. The highest BCUT2D eigenvalue weighted by Gasteiger charge is 2.20. The van der Waals surface area contributed by atoms with E-state index in [2.05, 4.69) is 26.6 Å². The van der Waals surface area contributed by atoms with Crippen LogP contribution in [0.15, 0.2) is 28.7 Å². The Hall–Kier alpha value is -1.11. The van der Waals surface area contributed by atoms with Crippen molar-refractivity contribution in [2.75, 3.05) is 26.2 Å². The lowest BCUT2D eigenvalue weighted by Crippen LogP contribution is -2.40. The van der Waals surface area contributed by atoms with Crippen LogP contribution in [0.1, 0.15) is 12.8 Å². The monoisotopic (exact) mass is 356 g/mol. The Labute approximate surface area is 133 Å². The van der Waals surface area contributed by atoms with Gasteiger partial charge in [-0.15, -0.1) is 0 Å². The molecule has 0 radical (unpaired) electrons. The van der Waals surface area contributed by atoms with Gasteiger partial charge in [0.25, 0.3) is 0 Å². The molecule has 0 aromatic heterocycles. The quantitative estimate of drug-likeness (QED) is 0.623. The number of carbonyl (C=O) groups excluding carboxylic acids is 1. The van der Waals surface area contributed by atoms with E-state index in [-0.39, 0.29) is 19.1 Å². The van der Waals surface area contributed by atoms with E-state index < -0.39 is 6.10 Å². The van der Waals surface area contributed by atoms with Crippen molar-refractivity contribution >= 4 is 21.8 Å². The summed E-state index contributed by atoms with van der Waals surface area (Å²) in [6.45, 7) is 1.53. The summed E-state index contributed by atoms with van der Waals surface area (Å²) in [5, 5.41) is 15.6. The van der Waals surface area contributed by atoms with Gasteiger partial charge in [0.05, 0.1) is 11.0 Å². The van der Waals surface area contributed by atoms with Crippen molar-refractivity contribution in [2.45, 2.75) is 18.9 Å². The van der Waals surface area contributed by atoms with Gasteiger partial charge in [-0.3, -0.25) is 4.79 Å². The Kier molecular flexibility index (Phi) is 6.48. The second kappa shape index (κ2) is 8.36. The molecule has 3 N–H and O–H groups in total. The second-order valence-electron chi connectivity index (χ2n) is 5.27. The van der Waals surface area contributed by atoms with Gasteiger partial charge < -0.3 is 20.5 Å². The molecule has 21 heavy (non-hydrogen) atoms. The number of para-hydroxylation sites is 1. The topological polar surface area (TPSA) is 70.6 Å². The summed E-state index contributed by atoms with van der Waals surface area (Å²) in [5.74, 6) is 1.32. The number of hydrogen-bond donors (Lipinski definition) is 3. The van der Waals surface area contributed by atoms with E-state index in [4.69, 9.17) is 4.74 Å². The Morgan fingerprint density at radius 3 is 2.90 bits per heavy atom. The SMILES string of the molecule is O=C(CNCC1CC1)NCC(O)COc1ccccc1Br. The smallest absolute Gasteiger partial charge is 0.234 e. The van der Waals surface area contributed by atoms with Crippen molar-refractivity contribution in [3.05, 3.63) is 28.7 Å². The molecular formula is C15H21BrN2O3. The number of benzene rings is 1. The standard InChI is InChI=1S/C15H21BrN2O3/c16-13-3-1-2-4-14(13)21-10-12(19)8-18-15(20)9-17-7-11-5-6-11/h1-4,11-12,17,19H,5-10H2,(H,18,20). The fourth-order valence-corrected chi connectivity index (χ4v) is 2.21. The van der Waals surface area contributed by atoms with Gasteiger partial charge in [-0.2, -0.15) is 0 Å². The molecule has 1 unspecified atom stereocenters. The molecule has 5 nitrogen and oxygen atoms in total. The Balaban J connectivity index is 1.57. The van der Waals surface area contributed by atoms with Crippen LogP contribution >= 0.6 is 15.9 Å². The third-order valence-corrected chi connectivity index (χ3v) is 3.87. The van der Waals surface area contributed by atoms with Crippen LogP contribution in [0.5, 0.6) is 5.75 Å². The molecule has 0 heterocycles. The minimum absolute atomic E-state index is 0.101. The summed E-state index contributed by atoms with van der Waals surface area (Å²) in [5.41, 5.74) is 0. The average Bonchev–Trinajstić information content (AvgIpc) is 3.28. The number of ether oxygens (including phenoxy) is 1. The first kappa shape index (κ1) is 16.3. The summed E-state index contributed by atoms with van der Waals surface area (Å²) in [7, 11) is 0. The number of aliphatic hydroxyl groups is 1. The zero-order chi connectivity index (χ0) is 15.1. The summed E-state index contributed by atoms with van der Waals surface area (Å²) in [6, 6.07) is 7.44. The van der Waals surface area contributed by atoms with Crippen molar-refractivity contribution in [3.8, 4) is 5.75 Å². The average molecular weight is 357 g/mol. The van der Waals surface area contributed by atoms with Gasteiger partial charge in [-0.25, -0.2) is 0 Å². The summed E-state index contributed by atoms with van der Waals surface area (Å²) in [6.07, 6.45) is 1.80. The number of halogens is 1. The van der Waals surface area contributed by atoms with Gasteiger partial charge in [-0.1, -0.05) is 12.1 Å². The second-order valence-corrected chi connectivity index (χ2v) is 6.13. The Morgan fingerprint density at radius 2 is 2.19 bits per heavy atom. The van der Waals surface area contributed by atoms with Gasteiger partial charge in [0.2, 0.25) is 5.91 Å². The van der Waals surface area contributed by atoms with Crippen molar-refractivity contribution in [3.63, 3.8) is 0 Å². The molecule has 0 saturated heterocycles. The van der Waals surface area contributed by atoms with Crippen LogP contribution in [0.4, 0.5) is 0 Å². The maximum Gasteiger partial charge on any atom is 0.234 e. The first-order valence-electron chi connectivity index (χ1n) is 7.18. The van der Waals surface area contributed by atoms with Crippen LogP contribution < -0.4 is 15.4 Å². The normalized spacial score (nSPS) is 15.5. The van der Waals surface area contributed by atoms with Crippen molar-refractivity contribution in [1.29, 1.82) is 0 Å². The minimum atomic E-state index is -0.732. The zero-order valence-corrected chi connectivity index (χ0v) is 13.4. The van der Waals surface area contributed by atoms with Crippen molar-refractivity contribution < 1.29 is 14.6 Å². The molecule has 1 aromatic rings. The molecule has 0 spiro atoms. The predicted octanol–water partition coefficient (Wildman–Crippen LogP) is 1.30. The lowest BCUT2D eigenvalue weighted by molar-refractivity contribution is -0.120. The number of amides is 1. The molecule has 1 atom stereocenters. The molecular weight excluding hydrogens is 336 g/mol. The van der Waals surface area contributed by atoms with Gasteiger partial charge in [0.15, 0.2) is 0 Å². The van der Waals surface area contributed by atoms with Crippen LogP contribution in [0.3, 0.4) is 0 Å². The number of rotatable bonds is 9. The molecule has 1 saturated carbocycles. The maximum atomic E-state index is 11.5. The molecule has 1 amide bonds. The van der Waals surface area contributed by atoms with E-state index in [0.29, 0.717) is 12.3 Å². The molecule has 1 aromatic carbocycles. The highest BCUT2D eigenvalue weighted by molar-refractivity contribution is 9.10. The zero-order valence-electron chi connectivity index (χ0n) is 11.8. The molecule has 1 fully saturated rings. The van der Waals surface area contributed by atoms with Gasteiger partial charge in [-0.05, 0) is 53.4 Å². The summed E-state index contributed by atoms with van der Waals surface area (Å²) in [4.78, 5) is 11.5. The molecule has 0 bridgehead atoms. The van der Waals surface area contributed by atoms with Crippen LogP contribution in [-0.4, -0.2) is 43.4 Å². The van der Waals surface area contributed by atoms with Gasteiger partial charge in [0.1, 0.15) is 18.5 Å². The molecule has 1 aliphatic carbocycles. The van der Waals surface area contributed by atoms with Crippen molar-refractivity contribution in [1.82, 2.24) is 10.6 Å². The first-order valence-corrected chi connectivity index (χ1v) is 7.97. The number of nitrogens with one attached hydrogen (secondary N) is 2.